The third-order valence-electron chi connectivity index (χ3n) is 2.14. The summed E-state index contributed by atoms with van der Waals surface area (Å²) in [7, 11) is 0. The first kappa shape index (κ1) is 9.17. The molecule has 1 saturated heterocycles. The quantitative estimate of drug-likeness (QED) is 0.672. The number of anilines is 1. The van der Waals surface area contributed by atoms with Gasteiger partial charge >= 0.3 is 0 Å². The third kappa shape index (κ3) is 1.75. The lowest BCUT2D eigenvalue weighted by molar-refractivity contribution is -0.120. The number of carbonyl (C=O) groups excluding carboxylic acids is 1. The van der Waals surface area contributed by atoms with Crippen LogP contribution in [0.1, 0.15) is 0 Å². The number of aromatic nitrogens is 1. The van der Waals surface area contributed by atoms with Gasteiger partial charge in [0.2, 0.25) is 11.8 Å². The van der Waals surface area contributed by atoms with Crippen molar-refractivity contribution in [1.29, 1.82) is 0 Å². The van der Waals surface area contributed by atoms with E-state index in [1.807, 2.05) is 0 Å². The van der Waals surface area contributed by atoms with Crippen LogP contribution in [-0.4, -0.2) is 30.1 Å². The van der Waals surface area contributed by atoms with Gasteiger partial charge in [-0.2, -0.15) is 0 Å². The van der Waals surface area contributed by atoms with E-state index in [1.54, 1.807) is 0 Å². The summed E-state index contributed by atoms with van der Waals surface area (Å²) in [5.41, 5.74) is 5.68. The van der Waals surface area contributed by atoms with Gasteiger partial charge in [-0.25, -0.2) is 4.98 Å². The Balaban J connectivity index is 1.95. The van der Waals surface area contributed by atoms with Gasteiger partial charge in [-0.1, -0.05) is 0 Å². The maximum atomic E-state index is 11.6. The predicted molar refractivity (Wildman–Crippen MR) is 47.4 cm³/mol. The maximum Gasteiger partial charge on any atom is 0.233 e. The van der Waals surface area contributed by atoms with E-state index in [1.165, 1.54) is 12.6 Å². The summed E-state index contributed by atoms with van der Waals surface area (Å²) in [5, 5.41) is 2.57. The molecule has 2 atom stereocenters. The number of hydrogen-bond acceptors (Lipinski definition) is 5. The van der Waals surface area contributed by atoms with E-state index < -0.39 is 0 Å². The van der Waals surface area contributed by atoms with Gasteiger partial charge in [0.05, 0.1) is 25.3 Å². The zero-order valence-electron chi connectivity index (χ0n) is 7.47. The number of nitrogens with zero attached hydrogens (tertiary/aromatic N) is 1. The lowest BCUT2D eigenvalue weighted by Gasteiger charge is -2.11. The van der Waals surface area contributed by atoms with E-state index in [4.69, 9.17) is 14.9 Å². The van der Waals surface area contributed by atoms with Gasteiger partial charge in [0.15, 0.2) is 6.39 Å². The largest absolute Gasteiger partial charge is 0.428 e. The Bertz CT molecular complexity index is 312. The molecule has 2 rings (SSSR count). The van der Waals surface area contributed by atoms with Crippen molar-refractivity contribution in [1.82, 2.24) is 4.98 Å². The van der Waals surface area contributed by atoms with Crippen molar-refractivity contribution < 1.29 is 13.9 Å². The highest BCUT2D eigenvalue weighted by molar-refractivity contribution is 5.91. The molecule has 6 nitrogen and oxygen atoms in total. The zero-order chi connectivity index (χ0) is 9.97. The van der Waals surface area contributed by atoms with Crippen LogP contribution in [0.2, 0.25) is 0 Å². The summed E-state index contributed by atoms with van der Waals surface area (Å²) in [5.74, 6) is -0.166. The average molecular weight is 197 g/mol. The Morgan fingerprint density at radius 3 is 3.07 bits per heavy atom. The molecule has 1 aromatic rings. The van der Waals surface area contributed by atoms with Crippen LogP contribution in [0.25, 0.3) is 0 Å². The fourth-order valence-corrected chi connectivity index (χ4v) is 1.33. The lowest BCUT2D eigenvalue weighted by atomic mass is 10.0. The Morgan fingerprint density at radius 2 is 2.50 bits per heavy atom. The highest BCUT2D eigenvalue weighted by atomic mass is 16.5. The van der Waals surface area contributed by atoms with Gasteiger partial charge in [-0.05, 0) is 0 Å². The number of amides is 1. The number of rotatable bonds is 2. The first-order chi connectivity index (χ1) is 6.77. The van der Waals surface area contributed by atoms with Crippen molar-refractivity contribution in [2.24, 2.45) is 11.7 Å². The van der Waals surface area contributed by atoms with E-state index in [-0.39, 0.29) is 17.9 Å². The SMILES string of the molecule is NC1COCC1C(=O)Nc1cnco1. The molecule has 76 valence electrons. The molecule has 2 heterocycles. The van der Waals surface area contributed by atoms with Crippen LogP contribution in [0.5, 0.6) is 0 Å². The molecule has 0 bridgehead atoms. The molecule has 0 spiro atoms. The number of ether oxygens (including phenoxy) is 1. The van der Waals surface area contributed by atoms with Crippen molar-refractivity contribution in [3.63, 3.8) is 0 Å². The molecular weight excluding hydrogens is 186 g/mol. The highest BCUT2D eigenvalue weighted by Gasteiger charge is 2.31. The monoisotopic (exact) mass is 197 g/mol. The van der Waals surface area contributed by atoms with Crippen molar-refractivity contribution in [2.75, 3.05) is 18.5 Å². The van der Waals surface area contributed by atoms with E-state index in [2.05, 4.69) is 10.3 Å². The van der Waals surface area contributed by atoms with Gasteiger partial charge < -0.3 is 14.9 Å². The van der Waals surface area contributed by atoms with Crippen LogP contribution in [0, 0.1) is 5.92 Å². The number of nitrogens with one attached hydrogen (secondary N) is 1. The molecule has 1 aliphatic heterocycles. The molecule has 14 heavy (non-hydrogen) atoms. The van der Waals surface area contributed by atoms with Crippen molar-refractivity contribution in [3.05, 3.63) is 12.6 Å². The smallest absolute Gasteiger partial charge is 0.233 e. The predicted octanol–water partition coefficient (Wildman–Crippen LogP) is -0.413. The first-order valence-electron chi connectivity index (χ1n) is 4.30. The number of hydrogen-bond donors (Lipinski definition) is 2. The second kappa shape index (κ2) is 3.77. The van der Waals surface area contributed by atoms with Crippen molar-refractivity contribution in [2.45, 2.75) is 6.04 Å². The molecule has 0 aromatic carbocycles. The molecule has 2 unspecified atom stereocenters. The van der Waals surface area contributed by atoms with Gasteiger partial charge in [0, 0.05) is 6.04 Å². The van der Waals surface area contributed by atoms with Crippen molar-refractivity contribution >= 4 is 11.8 Å². The minimum Gasteiger partial charge on any atom is -0.428 e. The molecule has 1 amide bonds. The van der Waals surface area contributed by atoms with Crippen LogP contribution in [0.4, 0.5) is 5.88 Å². The van der Waals surface area contributed by atoms with Gasteiger partial charge in [0.25, 0.3) is 0 Å². The van der Waals surface area contributed by atoms with E-state index in [9.17, 15) is 4.79 Å². The summed E-state index contributed by atoms with van der Waals surface area (Å²) >= 11 is 0. The van der Waals surface area contributed by atoms with Crippen LogP contribution >= 0.6 is 0 Å². The molecule has 1 aromatic heterocycles. The summed E-state index contributed by atoms with van der Waals surface area (Å²) < 4.78 is 9.95. The van der Waals surface area contributed by atoms with Gasteiger partial charge in [0.1, 0.15) is 0 Å². The van der Waals surface area contributed by atoms with Crippen LogP contribution in [-0.2, 0) is 9.53 Å². The Hall–Kier alpha value is -1.40. The second-order valence-electron chi connectivity index (χ2n) is 3.16. The highest BCUT2D eigenvalue weighted by Crippen LogP contribution is 2.14. The Morgan fingerprint density at radius 1 is 1.64 bits per heavy atom. The molecule has 3 N–H and O–H groups in total. The van der Waals surface area contributed by atoms with Crippen molar-refractivity contribution in [3.8, 4) is 0 Å². The van der Waals surface area contributed by atoms with E-state index in [0.29, 0.717) is 19.1 Å². The number of nitrogens with two attached hydrogens (primary N) is 1. The summed E-state index contributed by atoms with van der Waals surface area (Å²) in [6.07, 6.45) is 2.68. The minimum absolute atomic E-state index is 0.188. The Kier molecular flexibility index (Phi) is 2.47. The van der Waals surface area contributed by atoms with Crippen LogP contribution < -0.4 is 11.1 Å². The molecule has 1 aliphatic rings. The summed E-state index contributed by atoms with van der Waals surface area (Å²) in [6, 6.07) is -0.238. The van der Waals surface area contributed by atoms with Gasteiger partial charge in [-0.3, -0.25) is 10.1 Å². The van der Waals surface area contributed by atoms with Crippen LogP contribution in [0.3, 0.4) is 0 Å². The molecule has 6 heteroatoms. The molecule has 1 fully saturated rings. The molecule has 0 aliphatic carbocycles. The first-order valence-corrected chi connectivity index (χ1v) is 4.30. The second-order valence-corrected chi connectivity index (χ2v) is 3.16. The van der Waals surface area contributed by atoms with Crippen LogP contribution in [0.15, 0.2) is 17.0 Å². The fraction of sp³-hybridized carbons (Fsp3) is 0.500. The summed E-state index contributed by atoms with van der Waals surface area (Å²) in [4.78, 5) is 15.2. The molecular formula is C8H11N3O3. The third-order valence-corrected chi connectivity index (χ3v) is 2.14. The minimum atomic E-state index is -0.305. The van der Waals surface area contributed by atoms with E-state index in [0.717, 1.165) is 0 Å². The number of oxazole rings is 1. The van der Waals surface area contributed by atoms with Gasteiger partial charge in [-0.15, -0.1) is 0 Å². The lowest BCUT2D eigenvalue weighted by Crippen LogP contribution is -2.37. The number of carbonyl (C=O) groups is 1. The maximum absolute atomic E-state index is 11.6. The van der Waals surface area contributed by atoms with E-state index >= 15 is 0 Å². The fourth-order valence-electron chi connectivity index (χ4n) is 1.33. The zero-order valence-corrected chi connectivity index (χ0v) is 7.47. The average Bonchev–Trinajstić information content (AvgIpc) is 2.75. The summed E-state index contributed by atoms with van der Waals surface area (Å²) in [6.45, 7) is 0.787. The topological polar surface area (TPSA) is 90.4 Å². The normalized spacial score (nSPS) is 26.4. The standard InChI is InChI=1S/C8H11N3O3/c9-6-3-13-2-5(6)8(12)11-7-1-10-4-14-7/h1,4-6H,2-3,9H2,(H,11,12). The Labute approximate surface area is 80.4 Å². The molecule has 0 saturated carbocycles. The molecule has 0 radical (unpaired) electrons.